The zero-order valence-corrected chi connectivity index (χ0v) is 6.20. The highest BCUT2D eigenvalue weighted by molar-refractivity contribution is 4.90. The monoisotopic (exact) mass is 136 g/mol. The van der Waals surface area contributed by atoms with E-state index < -0.39 is 0 Å². The Labute approximate surface area is 60.5 Å². The Morgan fingerprint density at radius 2 is 2.40 bits per heavy atom. The third kappa shape index (κ3) is 2.09. The van der Waals surface area contributed by atoms with E-state index in [0.29, 0.717) is 5.92 Å². The van der Waals surface area contributed by atoms with E-state index in [1.54, 1.807) is 6.20 Å². The van der Waals surface area contributed by atoms with Gasteiger partial charge in [0.05, 0.1) is 11.9 Å². The van der Waals surface area contributed by atoms with Crippen LogP contribution in [0.1, 0.15) is 19.5 Å². The van der Waals surface area contributed by atoms with Gasteiger partial charge in [0.15, 0.2) is 0 Å². The topological polar surface area (TPSA) is 38.7 Å². The second kappa shape index (κ2) is 3.25. The molecule has 0 amide bonds. The maximum atomic E-state index is 3.85. The van der Waals surface area contributed by atoms with Crippen molar-refractivity contribution in [2.75, 3.05) is 0 Å². The number of aromatic nitrogens is 3. The molecule has 0 unspecified atom stereocenters. The first-order valence-corrected chi connectivity index (χ1v) is 3.33. The Balaban J connectivity index is 2.59. The first-order valence-electron chi connectivity index (χ1n) is 3.33. The van der Waals surface area contributed by atoms with Gasteiger partial charge in [0.1, 0.15) is 0 Å². The maximum absolute atomic E-state index is 3.85. The summed E-state index contributed by atoms with van der Waals surface area (Å²) in [5.41, 5.74) is 0.939. The molecule has 1 aromatic rings. The van der Waals surface area contributed by atoms with Gasteiger partial charge in [-0.05, 0) is 12.3 Å². The largest absolute Gasteiger partial charge is 0.230 e. The highest BCUT2D eigenvalue weighted by Crippen LogP contribution is 2.00. The van der Waals surface area contributed by atoms with E-state index in [4.69, 9.17) is 0 Å². The molecule has 0 bridgehead atoms. The second-order valence-electron chi connectivity index (χ2n) is 2.65. The highest BCUT2D eigenvalue weighted by Gasteiger charge is 1.97. The van der Waals surface area contributed by atoms with Crippen molar-refractivity contribution in [3.8, 4) is 0 Å². The standard InChI is InChI=1S/C7H10N3/c1-6(2)3-7-4-8-5-9-10-7/h4,6H,3H2,1-2H3. The van der Waals surface area contributed by atoms with E-state index in [-0.39, 0.29) is 0 Å². The van der Waals surface area contributed by atoms with Crippen molar-refractivity contribution in [1.82, 2.24) is 15.2 Å². The first kappa shape index (κ1) is 7.12. The number of nitrogens with zero attached hydrogens (tertiary/aromatic N) is 3. The van der Waals surface area contributed by atoms with E-state index in [1.165, 1.54) is 0 Å². The summed E-state index contributed by atoms with van der Waals surface area (Å²) in [6.07, 6.45) is 5.04. The predicted molar refractivity (Wildman–Crippen MR) is 37.2 cm³/mol. The molecule has 1 heterocycles. The van der Waals surface area contributed by atoms with Crippen LogP contribution < -0.4 is 0 Å². The third-order valence-corrected chi connectivity index (χ3v) is 1.11. The average Bonchev–Trinajstić information content (AvgIpc) is 1.88. The lowest BCUT2D eigenvalue weighted by atomic mass is 10.1. The van der Waals surface area contributed by atoms with Crippen LogP contribution in [0.3, 0.4) is 0 Å². The second-order valence-corrected chi connectivity index (χ2v) is 2.65. The summed E-state index contributed by atoms with van der Waals surface area (Å²) in [7, 11) is 0. The quantitative estimate of drug-likeness (QED) is 0.605. The summed E-state index contributed by atoms with van der Waals surface area (Å²) in [5, 5.41) is 7.40. The lowest BCUT2D eigenvalue weighted by Gasteiger charge is -1.99. The van der Waals surface area contributed by atoms with Crippen molar-refractivity contribution in [2.24, 2.45) is 5.92 Å². The van der Waals surface area contributed by atoms with Crippen LogP contribution in [0.15, 0.2) is 6.20 Å². The fourth-order valence-corrected chi connectivity index (χ4v) is 0.753. The van der Waals surface area contributed by atoms with Crippen LogP contribution in [-0.2, 0) is 6.42 Å². The van der Waals surface area contributed by atoms with Gasteiger partial charge in [-0.25, -0.2) is 4.98 Å². The minimum absolute atomic E-state index is 0.610. The van der Waals surface area contributed by atoms with Crippen LogP contribution in [0.25, 0.3) is 0 Å². The van der Waals surface area contributed by atoms with Gasteiger partial charge in [0, 0.05) is 0 Å². The molecule has 0 N–H and O–H groups in total. The molecule has 0 aliphatic rings. The molecule has 0 fully saturated rings. The fraction of sp³-hybridized carbons (Fsp3) is 0.571. The zero-order chi connectivity index (χ0) is 7.40. The molecule has 1 radical (unpaired) electrons. The Morgan fingerprint density at radius 1 is 1.60 bits per heavy atom. The molecule has 53 valence electrons. The van der Waals surface area contributed by atoms with Crippen molar-refractivity contribution < 1.29 is 0 Å². The Bertz CT molecular complexity index is 183. The molecule has 0 atom stereocenters. The maximum Gasteiger partial charge on any atom is 0.221 e. The van der Waals surface area contributed by atoms with Crippen LogP contribution >= 0.6 is 0 Å². The van der Waals surface area contributed by atoms with Gasteiger partial charge in [-0.1, -0.05) is 13.8 Å². The number of hydrogen-bond donors (Lipinski definition) is 0. The highest BCUT2D eigenvalue weighted by atomic mass is 15.1. The van der Waals surface area contributed by atoms with Gasteiger partial charge in [0.25, 0.3) is 0 Å². The summed E-state index contributed by atoms with van der Waals surface area (Å²) in [6.45, 7) is 4.27. The minimum atomic E-state index is 0.610. The average molecular weight is 136 g/mol. The summed E-state index contributed by atoms with van der Waals surface area (Å²) in [5.74, 6) is 0.610. The van der Waals surface area contributed by atoms with Gasteiger partial charge in [-0.15, -0.1) is 5.10 Å². The lowest BCUT2D eigenvalue weighted by molar-refractivity contribution is 0.623. The molecule has 1 aromatic heterocycles. The van der Waals surface area contributed by atoms with Crippen LogP contribution in [0, 0.1) is 12.2 Å². The van der Waals surface area contributed by atoms with Crippen LogP contribution in [0.2, 0.25) is 0 Å². The van der Waals surface area contributed by atoms with E-state index in [9.17, 15) is 0 Å². The van der Waals surface area contributed by atoms with E-state index in [1.807, 2.05) is 0 Å². The van der Waals surface area contributed by atoms with Crippen LogP contribution in [0.4, 0.5) is 0 Å². The smallest absolute Gasteiger partial charge is 0.221 e. The van der Waals surface area contributed by atoms with Gasteiger partial charge >= 0.3 is 0 Å². The molecular weight excluding hydrogens is 126 g/mol. The fourth-order valence-electron chi connectivity index (χ4n) is 0.753. The molecular formula is C7H10N3. The third-order valence-electron chi connectivity index (χ3n) is 1.11. The molecule has 3 heteroatoms. The normalized spacial score (nSPS) is 10.3. The van der Waals surface area contributed by atoms with Gasteiger partial charge in [-0.2, -0.15) is 5.10 Å². The van der Waals surface area contributed by atoms with Crippen molar-refractivity contribution in [2.45, 2.75) is 20.3 Å². The number of rotatable bonds is 2. The summed E-state index contributed by atoms with van der Waals surface area (Å²) < 4.78 is 0. The minimum Gasteiger partial charge on any atom is -0.230 e. The van der Waals surface area contributed by atoms with E-state index in [2.05, 4.69) is 35.4 Å². The van der Waals surface area contributed by atoms with E-state index in [0.717, 1.165) is 12.1 Å². The van der Waals surface area contributed by atoms with Crippen molar-refractivity contribution in [3.63, 3.8) is 0 Å². The van der Waals surface area contributed by atoms with Crippen molar-refractivity contribution in [3.05, 3.63) is 18.2 Å². The molecule has 0 saturated heterocycles. The van der Waals surface area contributed by atoms with Crippen LogP contribution in [-0.4, -0.2) is 15.2 Å². The molecule has 0 saturated carbocycles. The summed E-state index contributed by atoms with van der Waals surface area (Å²) in [4.78, 5) is 3.74. The predicted octanol–water partition coefficient (Wildman–Crippen LogP) is 0.870. The molecule has 10 heavy (non-hydrogen) atoms. The zero-order valence-electron chi connectivity index (χ0n) is 6.20. The molecule has 0 aliphatic heterocycles. The molecule has 3 nitrogen and oxygen atoms in total. The number of hydrogen-bond acceptors (Lipinski definition) is 3. The molecule has 0 aromatic carbocycles. The van der Waals surface area contributed by atoms with Gasteiger partial charge < -0.3 is 0 Å². The first-order chi connectivity index (χ1) is 4.79. The van der Waals surface area contributed by atoms with E-state index >= 15 is 0 Å². The SMILES string of the molecule is CC(C)Cc1cn[c]nn1. The molecule has 0 aliphatic carbocycles. The lowest BCUT2D eigenvalue weighted by Crippen LogP contribution is -1.99. The summed E-state index contributed by atoms with van der Waals surface area (Å²) in [6, 6.07) is 0. The Kier molecular flexibility index (Phi) is 2.31. The Hall–Kier alpha value is -0.990. The van der Waals surface area contributed by atoms with Crippen LogP contribution in [0.5, 0.6) is 0 Å². The van der Waals surface area contributed by atoms with Crippen molar-refractivity contribution >= 4 is 0 Å². The molecule has 1 rings (SSSR count). The van der Waals surface area contributed by atoms with Gasteiger partial charge in [0.2, 0.25) is 6.33 Å². The Morgan fingerprint density at radius 3 is 2.90 bits per heavy atom. The van der Waals surface area contributed by atoms with Crippen molar-refractivity contribution in [1.29, 1.82) is 0 Å². The van der Waals surface area contributed by atoms with Gasteiger partial charge in [-0.3, -0.25) is 0 Å². The molecule has 0 spiro atoms. The summed E-state index contributed by atoms with van der Waals surface area (Å²) >= 11 is 0.